The Morgan fingerprint density at radius 2 is 0.927 bits per heavy atom. The van der Waals surface area contributed by atoms with Gasteiger partial charge in [-0.2, -0.15) is 0 Å². The third-order valence-electron chi connectivity index (χ3n) is 7.82. The summed E-state index contributed by atoms with van der Waals surface area (Å²) in [6, 6.07) is 3.09. The second-order valence-electron chi connectivity index (χ2n) is 12.8. The van der Waals surface area contributed by atoms with Gasteiger partial charge in [-0.1, -0.05) is 30.3 Å². The summed E-state index contributed by atoms with van der Waals surface area (Å²) in [4.78, 5) is 124. The van der Waals surface area contributed by atoms with Gasteiger partial charge in [-0.05, 0) is 12.0 Å². The molecule has 0 spiro atoms. The monoisotopic (exact) mass is 778 g/mol. The van der Waals surface area contributed by atoms with E-state index in [1.807, 2.05) is 0 Å². The molecule has 0 radical (unpaired) electrons. The molecule has 21 nitrogen and oxygen atoms in total. The predicted molar refractivity (Wildman–Crippen MR) is 191 cm³/mol. The van der Waals surface area contributed by atoms with Crippen molar-refractivity contribution in [1.82, 2.24) is 42.5 Å². The van der Waals surface area contributed by atoms with Gasteiger partial charge in [0, 0.05) is 72.1 Å². The number of carbonyl (C=O) groups is 10. The molecule has 55 heavy (non-hydrogen) atoms. The number of benzene rings is 1. The van der Waals surface area contributed by atoms with Crippen LogP contribution >= 0.6 is 0 Å². The highest BCUT2D eigenvalue weighted by Gasteiger charge is 2.37. The molecule has 0 aliphatic carbocycles. The van der Waals surface area contributed by atoms with Gasteiger partial charge in [0.25, 0.3) is 0 Å². The first-order valence-electron chi connectivity index (χ1n) is 17.0. The standard InChI is InChI=1S/C34H50N8O13/c1-19(44)39-24(10-11-28(48)49)30(52)35-15-34(18-38-33(55)27(14-43)42-22(4)47,17-37-32(54)26(13-29(50)51)41-21(3)46)16-36-31(53)25(40-20(2)45)12-23-8-6-5-7-9-23/h5-9,24-27,43H,10-18H2,1-4H3,(H,35,52)(H,36,53)(H,37,54)(H,38,55)(H,39,44)(H,40,45)(H,41,46)(H,42,47)(H,48,49)(H,50,51)/t24-,25-,26-,27-,34?/m0/s1. The van der Waals surface area contributed by atoms with E-state index in [2.05, 4.69) is 42.5 Å². The number of aliphatic hydroxyl groups excluding tert-OH is 1. The van der Waals surface area contributed by atoms with Crippen LogP contribution in [0, 0.1) is 5.41 Å². The number of hydrogen-bond donors (Lipinski definition) is 11. The molecule has 0 bridgehead atoms. The highest BCUT2D eigenvalue weighted by molar-refractivity contribution is 5.91. The molecule has 21 heteroatoms. The molecule has 8 amide bonds. The first-order chi connectivity index (χ1) is 25.8. The summed E-state index contributed by atoms with van der Waals surface area (Å²) in [6.45, 7) is 1.49. The molecule has 1 aromatic rings. The quantitative estimate of drug-likeness (QED) is 0.0478. The molecule has 0 heterocycles. The molecule has 0 saturated heterocycles. The minimum atomic E-state index is -1.67. The van der Waals surface area contributed by atoms with Crippen molar-refractivity contribution in [2.24, 2.45) is 5.41 Å². The summed E-state index contributed by atoms with van der Waals surface area (Å²) in [5, 5.41) is 47.8. The predicted octanol–water partition coefficient (Wildman–Crippen LogP) is -3.97. The Bertz CT molecular complexity index is 1540. The van der Waals surface area contributed by atoms with E-state index in [1.165, 1.54) is 6.92 Å². The fourth-order valence-electron chi connectivity index (χ4n) is 5.12. The van der Waals surface area contributed by atoms with Crippen molar-refractivity contribution in [2.75, 3.05) is 32.8 Å². The van der Waals surface area contributed by atoms with Crippen LogP contribution in [0.5, 0.6) is 0 Å². The highest BCUT2D eigenvalue weighted by atomic mass is 16.4. The molecule has 0 aliphatic rings. The van der Waals surface area contributed by atoms with Gasteiger partial charge < -0.3 is 57.9 Å². The van der Waals surface area contributed by atoms with Crippen molar-refractivity contribution < 1.29 is 63.3 Å². The summed E-state index contributed by atoms with van der Waals surface area (Å²) >= 11 is 0. The van der Waals surface area contributed by atoms with Gasteiger partial charge in [0.05, 0.1) is 13.0 Å². The molecular formula is C34H50N8O13. The Balaban J connectivity index is 3.68. The lowest BCUT2D eigenvalue weighted by Gasteiger charge is -2.36. The number of carboxylic acid groups (broad SMARTS) is 2. The number of aliphatic hydroxyl groups is 1. The van der Waals surface area contributed by atoms with Crippen LogP contribution < -0.4 is 42.5 Å². The van der Waals surface area contributed by atoms with Crippen LogP contribution in [0.1, 0.15) is 52.5 Å². The molecule has 304 valence electrons. The zero-order chi connectivity index (χ0) is 41.7. The topological polar surface area (TPSA) is 328 Å². The third kappa shape index (κ3) is 19.0. The van der Waals surface area contributed by atoms with Crippen LogP contribution in [0.4, 0.5) is 0 Å². The van der Waals surface area contributed by atoms with Crippen LogP contribution in [0.25, 0.3) is 0 Å². The molecule has 1 unspecified atom stereocenters. The lowest BCUT2D eigenvalue weighted by Crippen LogP contribution is -2.61. The van der Waals surface area contributed by atoms with Crippen molar-refractivity contribution in [2.45, 2.75) is 77.5 Å². The molecule has 0 fully saturated rings. The third-order valence-corrected chi connectivity index (χ3v) is 7.82. The Hall–Kier alpha value is -6.12. The lowest BCUT2D eigenvalue weighted by molar-refractivity contribution is -0.141. The smallest absolute Gasteiger partial charge is 0.305 e. The molecule has 1 rings (SSSR count). The number of aliphatic carboxylic acids is 2. The Morgan fingerprint density at radius 3 is 1.35 bits per heavy atom. The number of hydrogen-bond acceptors (Lipinski definition) is 11. The van der Waals surface area contributed by atoms with Crippen molar-refractivity contribution >= 4 is 59.2 Å². The van der Waals surface area contributed by atoms with Crippen LogP contribution in [-0.2, 0) is 54.4 Å². The largest absolute Gasteiger partial charge is 0.481 e. The van der Waals surface area contributed by atoms with Crippen molar-refractivity contribution in [3.05, 3.63) is 35.9 Å². The second kappa shape index (κ2) is 23.5. The summed E-state index contributed by atoms with van der Waals surface area (Å²) in [5.41, 5.74) is -0.992. The van der Waals surface area contributed by atoms with Crippen LogP contribution in [0.15, 0.2) is 30.3 Å². The SMILES string of the molecule is CC(=O)N[C@@H](CO)C(=O)NCC(CNC(=O)[C@H](CCC(=O)O)NC(C)=O)(CNC(=O)[C@H](CC(=O)O)NC(C)=O)CNC(=O)[C@H](Cc1ccccc1)NC(C)=O. The average Bonchev–Trinajstić information content (AvgIpc) is 3.10. The van der Waals surface area contributed by atoms with E-state index in [-0.39, 0.29) is 12.8 Å². The van der Waals surface area contributed by atoms with Gasteiger partial charge in [0.1, 0.15) is 24.2 Å². The van der Waals surface area contributed by atoms with Crippen LogP contribution in [0.3, 0.4) is 0 Å². The molecule has 11 N–H and O–H groups in total. The summed E-state index contributed by atoms with van der Waals surface area (Å²) in [6.07, 6.45) is -1.65. The van der Waals surface area contributed by atoms with Crippen molar-refractivity contribution in [3.8, 4) is 0 Å². The summed E-state index contributed by atoms with van der Waals surface area (Å²) < 4.78 is 0. The lowest BCUT2D eigenvalue weighted by atomic mass is 9.86. The summed E-state index contributed by atoms with van der Waals surface area (Å²) in [5.74, 6) is -8.87. The highest BCUT2D eigenvalue weighted by Crippen LogP contribution is 2.16. The van der Waals surface area contributed by atoms with Crippen LogP contribution in [-0.4, -0.2) is 131 Å². The van der Waals surface area contributed by atoms with Gasteiger partial charge in [-0.15, -0.1) is 0 Å². The normalized spacial score (nSPS) is 13.8. The maximum absolute atomic E-state index is 13.7. The van der Waals surface area contributed by atoms with E-state index in [0.29, 0.717) is 5.56 Å². The van der Waals surface area contributed by atoms with E-state index >= 15 is 0 Å². The fraction of sp³-hybridized carbons (Fsp3) is 0.529. The molecule has 0 saturated carbocycles. The van der Waals surface area contributed by atoms with E-state index < -0.39 is 134 Å². The van der Waals surface area contributed by atoms with E-state index in [0.717, 1.165) is 20.8 Å². The van der Waals surface area contributed by atoms with Gasteiger partial charge in [0.15, 0.2) is 0 Å². The zero-order valence-electron chi connectivity index (χ0n) is 31.0. The average molecular weight is 779 g/mol. The number of rotatable bonds is 24. The molecular weight excluding hydrogens is 728 g/mol. The minimum Gasteiger partial charge on any atom is -0.481 e. The maximum atomic E-state index is 13.7. The maximum Gasteiger partial charge on any atom is 0.305 e. The number of carboxylic acids is 2. The molecule has 1 aromatic carbocycles. The Labute approximate surface area is 316 Å². The molecule has 0 aliphatic heterocycles. The van der Waals surface area contributed by atoms with Crippen molar-refractivity contribution in [1.29, 1.82) is 0 Å². The van der Waals surface area contributed by atoms with E-state index in [1.54, 1.807) is 30.3 Å². The van der Waals surface area contributed by atoms with Crippen LogP contribution in [0.2, 0.25) is 0 Å². The van der Waals surface area contributed by atoms with Gasteiger partial charge in [-0.25, -0.2) is 0 Å². The zero-order valence-corrected chi connectivity index (χ0v) is 31.0. The minimum absolute atomic E-state index is 0.0356. The Kier molecular flexibility index (Phi) is 20.1. The number of nitrogens with one attached hydrogen (secondary N) is 8. The van der Waals surface area contributed by atoms with Crippen molar-refractivity contribution in [3.63, 3.8) is 0 Å². The summed E-state index contributed by atoms with van der Waals surface area (Å²) in [7, 11) is 0. The first kappa shape index (κ1) is 46.9. The number of carbonyl (C=O) groups excluding carboxylic acids is 8. The first-order valence-corrected chi connectivity index (χ1v) is 17.0. The van der Waals surface area contributed by atoms with Gasteiger partial charge >= 0.3 is 11.9 Å². The molecule has 5 atom stereocenters. The Morgan fingerprint density at radius 1 is 0.545 bits per heavy atom. The number of amides is 8. The van der Waals surface area contributed by atoms with E-state index in [9.17, 15) is 63.3 Å². The fourth-order valence-corrected chi connectivity index (χ4v) is 5.12. The van der Waals surface area contributed by atoms with Gasteiger partial charge in [0.2, 0.25) is 47.3 Å². The van der Waals surface area contributed by atoms with Gasteiger partial charge in [-0.3, -0.25) is 47.9 Å². The molecule has 0 aromatic heterocycles. The second-order valence-corrected chi connectivity index (χ2v) is 12.8. The van der Waals surface area contributed by atoms with E-state index in [4.69, 9.17) is 0 Å².